The van der Waals surface area contributed by atoms with Crippen molar-refractivity contribution >= 4 is 58.6 Å². The Morgan fingerprint density at radius 1 is 1.25 bits per heavy atom. The van der Waals surface area contributed by atoms with Gasteiger partial charge in [0, 0.05) is 16.8 Å². The van der Waals surface area contributed by atoms with Crippen molar-refractivity contribution in [3.05, 3.63) is 64.7 Å². The van der Waals surface area contributed by atoms with Gasteiger partial charge >= 0.3 is 0 Å². The van der Waals surface area contributed by atoms with E-state index in [9.17, 15) is 14.4 Å². The molecule has 0 aliphatic carbocycles. The first kappa shape index (κ1) is 19.7. The number of halogens is 1. The first-order valence-electron chi connectivity index (χ1n) is 8.21. The fourth-order valence-corrected chi connectivity index (χ4v) is 3.01. The Morgan fingerprint density at radius 2 is 1.96 bits per heavy atom. The summed E-state index contributed by atoms with van der Waals surface area (Å²) in [5.41, 5.74) is 4.12. The standard InChI is InChI=1S/C19H15ClN4O3S/c1-11-5-7-14(8-6-11)24-18(27)15(17(26)22-19(24)28)10-21-23-16(25)12-3-2-4-13(20)9-12/h2-10,15H,1H3,(H,23,25)(H,22,26,28)/b21-10+/t15-/m0/s1. The predicted octanol–water partition coefficient (Wildman–Crippen LogP) is 2.43. The molecular weight excluding hydrogens is 400 g/mol. The maximum absolute atomic E-state index is 12.8. The van der Waals surface area contributed by atoms with E-state index in [0.29, 0.717) is 16.3 Å². The van der Waals surface area contributed by atoms with Gasteiger partial charge in [-0.1, -0.05) is 35.4 Å². The Morgan fingerprint density at radius 3 is 2.64 bits per heavy atom. The van der Waals surface area contributed by atoms with E-state index in [0.717, 1.165) is 11.8 Å². The number of carbonyl (C=O) groups is 3. The van der Waals surface area contributed by atoms with Crippen LogP contribution in [-0.2, 0) is 9.59 Å². The zero-order chi connectivity index (χ0) is 20.3. The molecule has 1 saturated heterocycles. The second kappa shape index (κ2) is 8.28. The van der Waals surface area contributed by atoms with Crippen molar-refractivity contribution in [1.29, 1.82) is 0 Å². The number of rotatable bonds is 4. The van der Waals surface area contributed by atoms with Gasteiger partial charge in [0.2, 0.25) is 5.91 Å². The first-order chi connectivity index (χ1) is 13.4. The molecular formula is C19H15ClN4O3S. The number of benzene rings is 2. The summed E-state index contributed by atoms with van der Waals surface area (Å²) in [6.07, 6.45) is 1.07. The number of hydrazone groups is 1. The van der Waals surface area contributed by atoms with Gasteiger partial charge in [0.1, 0.15) is 0 Å². The summed E-state index contributed by atoms with van der Waals surface area (Å²) in [5, 5.41) is 6.62. The van der Waals surface area contributed by atoms with E-state index in [-0.39, 0.29) is 5.11 Å². The van der Waals surface area contributed by atoms with E-state index in [1.807, 2.05) is 19.1 Å². The molecule has 7 nitrogen and oxygen atoms in total. The number of aryl methyl sites for hydroxylation is 1. The van der Waals surface area contributed by atoms with Crippen molar-refractivity contribution in [3.8, 4) is 0 Å². The minimum Gasteiger partial charge on any atom is -0.301 e. The van der Waals surface area contributed by atoms with Crippen molar-refractivity contribution < 1.29 is 14.4 Å². The smallest absolute Gasteiger partial charge is 0.271 e. The van der Waals surface area contributed by atoms with Crippen LogP contribution in [0.4, 0.5) is 5.69 Å². The molecule has 2 aromatic carbocycles. The Labute approximate surface area is 171 Å². The number of thiocarbonyl (C=S) groups is 1. The highest BCUT2D eigenvalue weighted by atomic mass is 35.5. The maximum Gasteiger partial charge on any atom is 0.271 e. The lowest BCUT2D eigenvalue weighted by molar-refractivity contribution is -0.130. The van der Waals surface area contributed by atoms with Crippen molar-refractivity contribution in [1.82, 2.24) is 10.7 Å². The third kappa shape index (κ3) is 4.24. The third-order valence-electron chi connectivity index (χ3n) is 3.97. The number of nitrogens with zero attached hydrogens (tertiary/aromatic N) is 2. The van der Waals surface area contributed by atoms with Crippen LogP contribution < -0.4 is 15.6 Å². The van der Waals surface area contributed by atoms with E-state index in [1.165, 1.54) is 11.0 Å². The van der Waals surface area contributed by atoms with E-state index in [2.05, 4.69) is 15.8 Å². The van der Waals surface area contributed by atoms with Gasteiger partial charge in [-0.05, 0) is 49.5 Å². The second-order valence-electron chi connectivity index (χ2n) is 6.01. The highest BCUT2D eigenvalue weighted by molar-refractivity contribution is 7.80. The predicted molar refractivity (Wildman–Crippen MR) is 110 cm³/mol. The lowest BCUT2D eigenvalue weighted by atomic mass is 10.1. The lowest BCUT2D eigenvalue weighted by Gasteiger charge is -2.30. The zero-order valence-electron chi connectivity index (χ0n) is 14.7. The normalized spacial score (nSPS) is 17.0. The molecule has 1 fully saturated rings. The third-order valence-corrected chi connectivity index (χ3v) is 4.49. The summed E-state index contributed by atoms with van der Waals surface area (Å²) in [6, 6.07) is 13.4. The Hall–Kier alpha value is -3.10. The van der Waals surface area contributed by atoms with Crippen LogP contribution in [0, 0.1) is 12.8 Å². The molecule has 0 bridgehead atoms. The number of hydrogen-bond acceptors (Lipinski definition) is 5. The molecule has 0 unspecified atom stereocenters. The molecule has 0 aromatic heterocycles. The molecule has 28 heavy (non-hydrogen) atoms. The minimum absolute atomic E-state index is 0.00790. The van der Waals surface area contributed by atoms with Crippen LogP contribution in [0.5, 0.6) is 0 Å². The average molecular weight is 415 g/mol. The van der Waals surface area contributed by atoms with E-state index in [1.54, 1.807) is 30.3 Å². The molecule has 1 aliphatic rings. The SMILES string of the molecule is Cc1ccc(N2C(=O)[C@@H](/C=N/NC(=O)c3cccc(Cl)c3)C(=O)NC2=S)cc1. The van der Waals surface area contributed by atoms with E-state index < -0.39 is 23.6 Å². The molecule has 3 amide bonds. The Bertz CT molecular complexity index is 991. The fraction of sp³-hybridized carbons (Fsp3) is 0.105. The largest absolute Gasteiger partial charge is 0.301 e. The quantitative estimate of drug-likeness (QED) is 0.348. The molecule has 0 radical (unpaired) electrons. The van der Waals surface area contributed by atoms with Gasteiger partial charge in [-0.3, -0.25) is 19.3 Å². The van der Waals surface area contributed by atoms with Gasteiger partial charge in [-0.15, -0.1) is 0 Å². The van der Waals surface area contributed by atoms with E-state index in [4.69, 9.17) is 23.8 Å². The number of hydrogen-bond donors (Lipinski definition) is 2. The lowest BCUT2D eigenvalue weighted by Crippen LogP contribution is -2.58. The van der Waals surface area contributed by atoms with Crippen LogP contribution in [0.3, 0.4) is 0 Å². The molecule has 142 valence electrons. The van der Waals surface area contributed by atoms with Crippen molar-refractivity contribution in [2.45, 2.75) is 6.92 Å². The van der Waals surface area contributed by atoms with Crippen molar-refractivity contribution in [2.24, 2.45) is 11.0 Å². The number of anilines is 1. The summed E-state index contributed by atoms with van der Waals surface area (Å²) >= 11 is 11.0. The molecule has 0 saturated carbocycles. The summed E-state index contributed by atoms with van der Waals surface area (Å²) in [7, 11) is 0. The summed E-state index contributed by atoms with van der Waals surface area (Å²) in [5.74, 6) is -2.92. The molecule has 0 spiro atoms. The van der Waals surface area contributed by atoms with Gasteiger partial charge in [-0.25, -0.2) is 5.43 Å². The van der Waals surface area contributed by atoms with Crippen molar-refractivity contribution in [2.75, 3.05) is 4.90 Å². The topological polar surface area (TPSA) is 90.9 Å². The van der Waals surface area contributed by atoms with Crippen LogP contribution >= 0.6 is 23.8 Å². The zero-order valence-corrected chi connectivity index (χ0v) is 16.3. The molecule has 9 heteroatoms. The van der Waals surface area contributed by atoms with Gasteiger partial charge in [0.15, 0.2) is 11.0 Å². The number of carbonyl (C=O) groups excluding carboxylic acids is 3. The molecule has 1 aliphatic heterocycles. The summed E-state index contributed by atoms with van der Waals surface area (Å²) in [4.78, 5) is 38.2. The van der Waals surface area contributed by atoms with Crippen molar-refractivity contribution in [3.63, 3.8) is 0 Å². The highest BCUT2D eigenvalue weighted by Gasteiger charge is 2.38. The minimum atomic E-state index is -1.23. The summed E-state index contributed by atoms with van der Waals surface area (Å²) < 4.78 is 0. The molecule has 2 N–H and O–H groups in total. The average Bonchev–Trinajstić information content (AvgIpc) is 2.65. The number of nitrogens with one attached hydrogen (secondary N) is 2. The molecule has 1 atom stereocenters. The fourth-order valence-electron chi connectivity index (χ4n) is 2.52. The summed E-state index contributed by atoms with van der Waals surface area (Å²) in [6.45, 7) is 1.92. The van der Waals surface area contributed by atoms with E-state index >= 15 is 0 Å². The first-order valence-corrected chi connectivity index (χ1v) is 9.00. The highest BCUT2D eigenvalue weighted by Crippen LogP contribution is 2.20. The Kier molecular flexibility index (Phi) is 5.81. The van der Waals surface area contributed by atoms with Gasteiger partial charge < -0.3 is 5.32 Å². The molecule has 2 aromatic rings. The second-order valence-corrected chi connectivity index (χ2v) is 6.83. The molecule has 3 rings (SSSR count). The Balaban J connectivity index is 1.75. The van der Waals surface area contributed by atoms with Crippen LogP contribution in [0.25, 0.3) is 0 Å². The maximum atomic E-state index is 12.8. The van der Waals surface area contributed by atoms with Crippen LogP contribution in [0.2, 0.25) is 5.02 Å². The van der Waals surface area contributed by atoms with Crippen LogP contribution in [0.1, 0.15) is 15.9 Å². The van der Waals surface area contributed by atoms with Gasteiger partial charge in [-0.2, -0.15) is 5.10 Å². The van der Waals surface area contributed by atoms with Gasteiger partial charge in [0.05, 0.1) is 5.69 Å². The molecule has 1 heterocycles. The van der Waals surface area contributed by atoms with Gasteiger partial charge in [0.25, 0.3) is 11.8 Å². The van der Waals surface area contributed by atoms with Crippen LogP contribution in [0.15, 0.2) is 53.6 Å². The number of amides is 3. The monoisotopic (exact) mass is 414 g/mol. The van der Waals surface area contributed by atoms with Crippen LogP contribution in [-0.4, -0.2) is 29.0 Å².